The molecule has 3 aromatic rings. The van der Waals surface area contributed by atoms with E-state index in [0.717, 1.165) is 5.56 Å². The molecule has 5 nitrogen and oxygen atoms in total. The Hall–Kier alpha value is -2.24. The van der Waals surface area contributed by atoms with Crippen molar-refractivity contribution in [3.63, 3.8) is 0 Å². The molecule has 0 atom stereocenters. The number of benzene rings is 1. The Morgan fingerprint density at radius 1 is 1.20 bits per heavy atom. The number of fused-ring (bicyclic) bond motifs is 1. The van der Waals surface area contributed by atoms with Gasteiger partial charge in [-0.05, 0) is 28.9 Å². The molecule has 2 aromatic heterocycles. The van der Waals surface area contributed by atoms with Crippen LogP contribution in [-0.4, -0.2) is 14.5 Å². The molecule has 100 valence electrons. The number of halogens is 1. The summed E-state index contributed by atoms with van der Waals surface area (Å²) in [4.78, 5) is 15.5. The van der Waals surface area contributed by atoms with Gasteiger partial charge in [-0.3, -0.25) is 4.40 Å². The molecule has 1 N–H and O–H groups in total. The van der Waals surface area contributed by atoms with Gasteiger partial charge in [0.15, 0.2) is 0 Å². The van der Waals surface area contributed by atoms with Crippen LogP contribution >= 0.6 is 11.6 Å². The van der Waals surface area contributed by atoms with E-state index < -0.39 is 0 Å². The fraction of sp³-hybridized carbons (Fsp3) is 0.0714. The van der Waals surface area contributed by atoms with Crippen molar-refractivity contribution < 1.29 is 5.11 Å². The van der Waals surface area contributed by atoms with Gasteiger partial charge in [0.1, 0.15) is 11.3 Å². The summed E-state index contributed by atoms with van der Waals surface area (Å²) in [6.45, 7) is -0.108. The normalized spacial score (nSPS) is 10.9. The van der Waals surface area contributed by atoms with E-state index >= 15 is 0 Å². The maximum absolute atomic E-state index is 11.1. The van der Waals surface area contributed by atoms with Gasteiger partial charge < -0.3 is 5.11 Å². The van der Waals surface area contributed by atoms with E-state index in [1.807, 2.05) is 0 Å². The number of rotatable bonds is 3. The lowest BCUT2D eigenvalue weighted by atomic mass is 10.1. The van der Waals surface area contributed by atoms with Crippen molar-refractivity contribution in [3.05, 3.63) is 58.1 Å². The minimum atomic E-state index is -0.108. The van der Waals surface area contributed by atoms with E-state index in [2.05, 4.69) is 10.2 Å². The van der Waals surface area contributed by atoms with Crippen molar-refractivity contribution in [2.75, 3.05) is 0 Å². The molecule has 3 rings (SSSR count). The predicted molar refractivity (Wildman–Crippen MR) is 77.0 cm³/mol. The Morgan fingerprint density at radius 2 is 1.95 bits per heavy atom. The van der Waals surface area contributed by atoms with Gasteiger partial charge in [-0.15, -0.1) is 4.91 Å². The minimum Gasteiger partial charge on any atom is -0.392 e. The largest absolute Gasteiger partial charge is 0.392 e. The van der Waals surface area contributed by atoms with Crippen LogP contribution in [0.5, 0.6) is 0 Å². The number of nitrogens with zero attached hydrogens (tertiary/aromatic N) is 3. The summed E-state index contributed by atoms with van der Waals surface area (Å²) in [5.74, 6) is 0.206. The molecule has 0 aliphatic rings. The van der Waals surface area contributed by atoms with Crippen molar-refractivity contribution in [1.82, 2.24) is 9.38 Å². The van der Waals surface area contributed by atoms with Gasteiger partial charge in [-0.25, -0.2) is 4.98 Å². The first kappa shape index (κ1) is 12.8. The monoisotopic (exact) mass is 287 g/mol. The summed E-state index contributed by atoms with van der Waals surface area (Å²) in [6, 6.07) is 10.5. The molecule has 0 amide bonds. The summed E-state index contributed by atoms with van der Waals surface area (Å²) >= 11 is 5.85. The third-order valence-corrected chi connectivity index (χ3v) is 3.29. The molecule has 6 heteroatoms. The summed E-state index contributed by atoms with van der Waals surface area (Å²) in [5, 5.41) is 12.8. The molecule has 0 unspecified atom stereocenters. The average Bonchev–Trinajstić information content (AvgIpc) is 2.85. The van der Waals surface area contributed by atoms with Crippen LogP contribution in [-0.2, 0) is 6.61 Å². The van der Waals surface area contributed by atoms with E-state index in [1.54, 1.807) is 47.0 Å². The Balaban J connectivity index is 2.25. The highest BCUT2D eigenvalue weighted by molar-refractivity contribution is 6.30. The van der Waals surface area contributed by atoms with Crippen LogP contribution in [0.1, 0.15) is 5.56 Å². The Morgan fingerprint density at radius 3 is 2.60 bits per heavy atom. The Bertz CT molecular complexity index is 781. The highest BCUT2D eigenvalue weighted by Crippen LogP contribution is 2.31. The zero-order chi connectivity index (χ0) is 14.1. The summed E-state index contributed by atoms with van der Waals surface area (Å²) in [6.07, 6.45) is 1.65. The summed E-state index contributed by atoms with van der Waals surface area (Å²) in [7, 11) is 0. The lowest BCUT2D eigenvalue weighted by molar-refractivity contribution is 0.281. The van der Waals surface area contributed by atoms with E-state index in [0.29, 0.717) is 21.9 Å². The van der Waals surface area contributed by atoms with Gasteiger partial charge >= 0.3 is 0 Å². The number of pyridine rings is 1. The molecule has 0 aliphatic heterocycles. The van der Waals surface area contributed by atoms with Gasteiger partial charge in [-0.2, -0.15) is 0 Å². The maximum atomic E-state index is 11.1. The van der Waals surface area contributed by atoms with Crippen molar-refractivity contribution in [2.45, 2.75) is 6.61 Å². The highest BCUT2D eigenvalue weighted by atomic mass is 35.5. The number of hydrogen-bond donors (Lipinski definition) is 1. The number of aliphatic hydroxyl groups is 1. The molecule has 0 saturated heterocycles. The van der Waals surface area contributed by atoms with Crippen LogP contribution in [0.4, 0.5) is 5.82 Å². The summed E-state index contributed by atoms with van der Waals surface area (Å²) in [5.41, 5.74) is 2.54. The molecular weight excluding hydrogens is 278 g/mol. The van der Waals surface area contributed by atoms with E-state index in [-0.39, 0.29) is 12.4 Å². The zero-order valence-electron chi connectivity index (χ0n) is 10.3. The number of aromatic nitrogens is 2. The first-order valence-corrected chi connectivity index (χ1v) is 6.32. The van der Waals surface area contributed by atoms with Crippen molar-refractivity contribution in [3.8, 4) is 11.3 Å². The molecule has 0 bridgehead atoms. The lowest BCUT2D eigenvalue weighted by Crippen LogP contribution is -1.89. The lowest BCUT2D eigenvalue weighted by Gasteiger charge is -1.99. The standard InChI is InChI=1S/C14H10ClN3O2/c15-11-4-2-10(3-5-11)13-14(17-20)18-7-9(8-19)1-6-12(18)16-13/h1-7,19H,8H2. The zero-order valence-corrected chi connectivity index (χ0v) is 11.1. The number of nitroso groups, excluding NO2 is 1. The quantitative estimate of drug-likeness (QED) is 0.749. The van der Waals surface area contributed by atoms with Gasteiger partial charge in [0.05, 0.1) is 6.61 Å². The molecule has 0 aliphatic carbocycles. The average molecular weight is 288 g/mol. The van der Waals surface area contributed by atoms with Gasteiger partial charge in [0.2, 0.25) is 5.82 Å². The van der Waals surface area contributed by atoms with E-state index in [9.17, 15) is 4.91 Å². The second kappa shape index (κ2) is 5.03. The molecule has 2 heterocycles. The number of imidazole rings is 1. The molecule has 0 fully saturated rings. The predicted octanol–water partition coefficient (Wildman–Crippen LogP) is 3.54. The maximum Gasteiger partial charge on any atom is 0.209 e. The smallest absolute Gasteiger partial charge is 0.209 e. The third kappa shape index (κ3) is 2.07. The number of hydrogen-bond acceptors (Lipinski definition) is 4. The Kier molecular flexibility index (Phi) is 3.22. The van der Waals surface area contributed by atoms with E-state index in [1.165, 1.54) is 0 Å². The van der Waals surface area contributed by atoms with Gasteiger partial charge in [0, 0.05) is 16.8 Å². The Labute approximate surface area is 119 Å². The second-order valence-electron chi connectivity index (χ2n) is 4.31. The van der Waals surface area contributed by atoms with Crippen LogP contribution in [0.2, 0.25) is 5.02 Å². The fourth-order valence-corrected chi connectivity index (χ4v) is 2.18. The van der Waals surface area contributed by atoms with Crippen molar-refractivity contribution in [2.24, 2.45) is 5.18 Å². The number of aliphatic hydroxyl groups excluding tert-OH is 1. The fourth-order valence-electron chi connectivity index (χ4n) is 2.06. The molecule has 0 saturated carbocycles. The first-order valence-electron chi connectivity index (χ1n) is 5.94. The topological polar surface area (TPSA) is 67.0 Å². The van der Waals surface area contributed by atoms with Crippen LogP contribution in [0, 0.1) is 4.91 Å². The van der Waals surface area contributed by atoms with Crippen LogP contribution in [0.15, 0.2) is 47.8 Å². The highest BCUT2D eigenvalue weighted by Gasteiger charge is 2.15. The van der Waals surface area contributed by atoms with Crippen molar-refractivity contribution >= 4 is 23.1 Å². The van der Waals surface area contributed by atoms with E-state index in [4.69, 9.17) is 16.7 Å². The molecule has 20 heavy (non-hydrogen) atoms. The summed E-state index contributed by atoms with van der Waals surface area (Å²) < 4.78 is 1.57. The van der Waals surface area contributed by atoms with Crippen LogP contribution in [0.25, 0.3) is 16.9 Å². The molecule has 0 spiro atoms. The molecular formula is C14H10ClN3O2. The van der Waals surface area contributed by atoms with Crippen LogP contribution < -0.4 is 0 Å². The molecule has 1 aromatic carbocycles. The van der Waals surface area contributed by atoms with Crippen molar-refractivity contribution in [1.29, 1.82) is 0 Å². The van der Waals surface area contributed by atoms with Crippen LogP contribution in [0.3, 0.4) is 0 Å². The molecule has 0 radical (unpaired) electrons. The first-order chi connectivity index (χ1) is 9.72. The van der Waals surface area contributed by atoms with Gasteiger partial charge in [-0.1, -0.05) is 29.8 Å². The SMILES string of the molecule is O=Nc1c(-c2ccc(Cl)cc2)nc2ccc(CO)cn12. The third-order valence-electron chi connectivity index (χ3n) is 3.04. The van der Waals surface area contributed by atoms with Gasteiger partial charge in [0.25, 0.3) is 0 Å². The minimum absolute atomic E-state index is 0.108. The second-order valence-corrected chi connectivity index (χ2v) is 4.74.